The third kappa shape index (κ3) is 11.7. The van der Waals surface area contributed by atoms with Gasteiger partial charge in [0.15, 0.2) is 23.4 Å². The van der Waals surface area contributed by atoms with Gasteiger partial charge >= 0.3 is 29.8 Å². The molecule has 11 atom stereocenters. The summed E-state index contributed by atoms with van der Waals surface area (Å²) >= 11 is 0. The molecule has 3 aliphatic heterocycles. The van der Waals surface area contributed by atoms with Gasteiger partial charge in [-0.05, 0) is 48.0 Å². The van der Waals surface area contributed by atoms with E-state index < -0.39 is 135 Å². The van der Waals surface area contributed by atoms with Crippen molar-refractivity contribution in [2.75, 3.05) is 13.2 Å². The molecule has 24 nitrogen and oxygen atoms in total. The zero-order valence-corrected chi connectivity index (χ0v) is 33.9. The number of aromatic hydroxyl groups is 5. The molecule has 3 aliphatic rings. The van der Waals surface area contributed by atoms with Crippen LogP contribution in [-0.4, -0.2) is 165 Å². The molecule has 354 valence electrons. The second-order valence-electron chi connectivity index (χ2n) is 14.8. The van der Waals surface area contributed by atoms with Crippen LogP contribution in [0.2, 0.25) is 0 Å². The van der Waals surface area contributed by atoms with E-state index >= 15 is 0 Å². The second-order valence-corrected chi connectivity index (χ2v) is 14.8. The van der Waals surface area contributed by atoms with E-state index in [1.807, 2.05) is 0 Å². The molecular formula is C42H43O24+. The molecule has 0 saturated carbocycles. The summed E-state index contributed by atoms with van der Waals surface area (Å²) in [6.07, 6.45) is -18.9. The van der Waals surface area contributed by atoms with Gasteiger partial charge in [0.2, 0.25) is 12.6 Å². The number of phenolic OH excluding ortho intramolecular Hbond substituents is 4. The lowest BCUT2D eigenvalue weighted by Crippen LogP contribution is -2.61. The summed E-state index contributed by atoms with van der Waals surface area (Å²) in [6.45, 7) is -1.60. The molecule has 3 aromatic carbocycles. The highest BCUT2D eigenvalue weighted by atomic mass is 16.7. The fourth-order valence-electron chi connectivity index (χ4n) is 6.75. The summed E-state index contributed by atoms with van der Waals surface area (Å²) in [5, 5.41) is 113. The van der Waals surface area contributed by atoms with Gasteiger partial charge in [-0.25, -0.2) is 4.79 Å². The van der Waals surface area contributed by atoms with Crippen LogP contribution in [0, 0.1) is 0 Å². The number of carbonyl (C=O) groups is 5. The number of carbonyl (C=O) groups excluding carboxylic acids is 3. The highest BCUT2D eigenvalue weighted by Crippen LogP contribution is 2.47. The Hall–Kier alpha value is -7.19. The van der Waals surface area contributed by atoms with Gasteiger partial charge in [-0.2, -0.15) is 0 Å². The fraction of sp³-hybridized carbons (Fsp3) is 0.357. The van der Waals surface area contributed by atoms with Crippen LogP contribution < -0.4 is 4.74 Å². The summed E-state index contributed by atoms with van der Waals surface area (Å²) in [5.41, 5.74) is 0.626. The number of carboxylic acid groups (broad SMARTS) is 2. The Balaban J connectivity index is 1.27. The van der Waals surface area contributed by atoms with Crippen molar-refractivity contribution in [3.63, 3.8) is 0 Å². The summed E-state index contributed by atoms with van der Waals surface area (Å²) in [6, 6.07) is 11.5. The number of fused-ring (bicyclic) bond motifs is 1. The average molecular weight is 932 g/mol. The number of rotatable bonds is 16. The number of hydrogen-bond acceptors (Lipinski definition) is 21. The molecule has 0 amide bonds. The Labute approximate surface area is 370 Å². The molecule has 0 spiro atoms. The lowest BCUT2D eigenvalue weighted by molar-refractivity contribution is -0.296. The molecule has 1 unspecified atom stereocenters. The average Bonchev–Trinajstić information content (AvgIpc) is 3.25. The van der Waals surface area contributed by atoms with Crippen LogP contribution in [0.5, 0.6) is 34.5 Å². The minimum Gasteiger partial charge on any atom is -0.571 e. The van der Waals surface area contributed by atoms with Crippen molar-refractivity contribution in [1.82, 2.24) is 0 Å². The normalized spacial score (nSPS) is 27.0. The Morgan fingerprint density at radius 2 is 1.29 bits per heavy atom. The van der Waals surface area contributed by atoms with Gasteiger partial charge in [-0.15, -0.1) is 0 Å². The highest BCUT2D eigenvalue weighted by molar-refractivity contribution is 5.90. The number of phenols is 4. The van der Waals surface area contributed by atoms with Gasteiger partial charge in [0.05, 0.1) is 11.6 Å². The molecule has 0 bridgehead atoms. The van der Waals surface area contributed by atoms with E-state index in [4.69, 9.17) is 43.4 Å². The first-order valence-electron chi connectivity index (χ1n) is 19.6. The van der Waals surface area contributed by atoms with Crippen molar-refractivity contribution in [2.45, 2.75) is 80.4 Å². The van der Waals surface area contributed by atoms with Crippen LogP contribution in [0.25, 0.3) is 12.2 Å². The summed E-state index contributed by atoms with van der Waals surface area (Å²) in [5.74, 6) is -8.78. The van der Waals surface area contributed by atoms with Crippen molar-refractivity contribution in [3.8, 4) is 34.5 Å². The third-order valence-electron chi connectivity index (χ3n) is 10.0. The zero-order valence-electron chi connectivity index (χ0n) is 33.9. The summed E-state index contributed by atoms with van der Waals surface area (Å²) in [4.78, 5) is 59.1. The molecule has 24 heteroatoms. The third-order valence-corrected chi connectivity index (χ3v) is 10.0. The van der Waals surface area contributed by atoms with Crippen LogP contribution in [0.15, 0.2) is 66.4 Å². The summed E-state index contributed by atoms with van der Waals surface area (Å²) in [7, 11) is 0. The van der Waals surface area contributed by atoms with Crippen LogP contribution in [0.3, 0.4) is 0 Å². The lowest BCUT2D eigenvalue weighted by Gasteiger charge is -2.41. The molecule has 0 aromatic heterocycles. The minimum atomic E-state index is -2.13. The smallest absolute Gasteiger partial charge is 0.330 e. The molecule has 3 heterocycles. The maximum absolute atomic E-state index is 12.6. The maximum Gasteiger partial charge on any atom is 0.330 e. The van der Waals surface area contributed by atoms with E-state index in [-0.39, 0.29) is 34.3 Å². The monoisotopic (exact) mass is 931 g/mol. The highest BCUT2D eigenvalue weighted by Gasteiger charge is 2.50. The summed E-state index contributed by atoms with van der Waals surface area (Å²) < 4.78 is 43.4. The Morgan fingerprint density at radius 1 is 0.652 bits per heavy atom. The second kappa shape index (κ2) is 20.8. The SMILES string of the molecule is O=C(O)CC(=O)OC[C@H]1O[C@@H](Oc2cc(O)cc3c2C=C(O[C@@H]2O[C@H](COC(=O)/C=C\c4ccc(O)c(O)c4)[C@@H](O)[C@H](O)[C@H]2O)C(c2ccc(O)cc2)[OH+]3)[C@H](O)[C@@H](O)[C@@H]1OC(=O)CC(=O)O. The van der Waals surface area contributed by atoms with E-state index in [1.54, 1.807) is 0 Å². The predicted molar refractivity (Wildman–Crippen MR) is 213 cm³/mol. The number of esters is 3. The first-order valence-corrected chi connectivity index (χ1v) is 19.6. The van der Waals surface area contributed by atoms with E-state index in [0.717, 1.165) is 12.1 Å². The number of benzene rings is 3. The number of aliphatic hydroxyl groups excluding tert-OH is 5. The van der Waals surface area contributed by atoms with Crippen molar-refractivity contribution >= 4 is 42.0 Å². The molecule has 2 saturated heterocycles. The topological polar surface area (TPSA) is 385 Å². The van der Waals surface area contributed by atoms with Crippen LogP contribution in [0.4, 0.5) is 0 Å². The standard InChI is InChI=1S/C42H42O24/c43-19-5-3-18(4-6-19)39-26(63-41-37(57)35(55)34(54)27(64-41)15-59-31(51)8-2-17-1-7-22(45)23(46)9-17)12-21-24(61-39)10-20(44)11-25(21)62-42-38(58)36(56)40(66-33(53)14-30(49)50)28(65-42)16-60-32(52)13-29(47)48/h1-12,27-28,34-46,54-58H,13-16H2,(H,47,48)(H,49,50)/p+1/b8-2-/t27-,28-,34-,35+,36-,37-,38-,39?,40-,41-,42-/m1/s1. The van der Waals surface area contributed by atoms with Gasteiger partial charge in [-0.1, -0.05) is 6.07 Å². The largest absolute Gasteiger partial charge is 0.571 e. The Morgan fingerprint density at radius 3 is 1.97 bits per heavy atom. The molecule has 0 radical (unpaired) electrons. The number of hydrogen-bond donors (Lipinski definition) is 11. The number of ether oxygens (including phenoxy) is 8. The van der Waals surface area contributed by atoms with Gasteiger partial charge in [-0.3, -0.25) is 19.2 Å². The molecule has 0 aliphatic carbocycles. The Kier molecular flexibility index (Phi) is 15.2. The lowest BCUT2D eigenvalue weighted by atomic mass is 9.98. The first kappa shape index (κ1) is 48.3. The van der Waals surface area contributed by atoms with Crippen LogP contribution in [-0.2, 0) is 52.4 Å². The van der Waals surface area contributed by atoms with Gasteiger partial charge < -0.3 is 94.1 Å². The number of aliphatic hydroxyl groups is 6. The van der Waals surface area contributed by atoms with Crippen molar-refractivity contribution in [3.05, 3.63) is 83.1 Å². The van der Waals surface area contributed by atoms with Crippen LogP contribution in [0.1, 0.15) is 35.6 Å². The molecule has 66 heavy (non-hydrogen) atoms. The number of aliphatic carboxylic acids is 2. The van der Waals surface area contributed by atoms with Gasteiger partial charge in [0.25, 0.3) is 11.9 Å². The molecular weight excluding hydrogens is 888 g/mol. The van der Waals surface area contributed by atoms with E-state index in [0.29, 0.717) is 11.1 Å². The van der Waals surface area contributed by atoms with Crippen molar-refractivity contribution in [1.29, 1.82) is 0 Å². The van der Waals surface area contributed by atoms with E-state index in [2.05, 4.69) is 4.74 Å². The van der Waals surface area contributed by atoms with E-state index in [1.165, 1.54) is 60.7 Å². The predicted octanol–water partition coefficient (Wildman–Crippen LogP) is -0.843. The molecule has 6 rings (SSSR count). The van der Waals surface area contributed by atoms with Gasteiger partial charge in [0, 0.05) is 18.2 Å². The molecule has 2 fully saturated rings. The van der Waals surface area contributed by atoms with Crippen molar-refractivity contribution < 1.29 is 118 Å². The van der Waals surface area contributed by atoms with Crippen LogP contribution >= 0.6 is 0 Å². The number of carboxylic acids is 2. The quantitative estimate of drug-likeness (QED) is 0.0208. The Bertz CT molecular complexity index is 2340. The molecule has 3 aromatic rings. The zero-order chi connectivity index (χ0) is 48.0. The van der Waals surface area contributed by atoms with E-state index in [9.17, 15) is 69.9 Å². The molecule has 12 N–H and O–H groups in total. The van der Waals surface area contributed by atoms with Crippen molar-refractivity contribution in [2.24, 2.45) is 0 Å². The van der Waals surface area contributed by atoms with Gasteiger partial charge in [0.1, 0.15) is 91.6 Å². The fourth-order valence-corrected chi connectivity index (χ4v) is 6.75. The minimum absolute atomic E-state index is 0.0122. The first-order chi connectivity index (χ1) is 31.3. The maximum atomic E-state index is 12.6.